The first kappa shape index (κ1) is 10.8. The van der Waals surface area contributed by atoms with Crippen LogP contribution in [0.3, 0.4) is 0 Å². The molecule has 1 saturated carbocycles. The summed E-state index contributed by atoms with van der Waals surface area (Å²) in [5.74, 6) is 1.13. The van der Waals surface area contributed by atoms with Gasteiger partial charge in [-0.15, -0.1) is 0 Å². The average Bonchev–Trinajstić information content (AvgIpc) is 2.25. The quantitative estimate of drug-likeness (QED) is 0.800. The van der Waals surface area contributed by atoms with Crippen LogP contribution < -0.4 is 0 Å². The van der Waals surface area contributed by atoms with Crippen LogP contribution in [0.2, 0.25) is 5.02 Å². The third kappa shape index (κ3) is 2.88. The molecule has 1 nitrogen and oxygen atoms in total. The third-order valence-electron chi connectivity index (χ3n) is 3.27. The summed E-state index contributed by atoms with van der Waals surface area (Å²) in [5, 5.41) is 10.4. The van der Waals surface area contributed by atoms with E-state index in [0.29, 0.717) is 5.75 Å². The molecule has 0 heterocycles. The first-order valence-corrected chi connectivity index (χ1v) is 6.11. The second kappa shape index (κ2) is 4.89. The van der Waals surface area contributed by atoms with E-state index < -0.39 is 0 Å². The summed E-state index contributed by atoms with van der Waals surface area (Å²) in [7, 11) is 0. The van der Waals surface area contributed by atoms with Crippen LogP contribution in [0.4, 0.5) is 0 Å². The highest BCUT2D eigenvalue weighted by atomic mass is 35.5. The smallest absolute Gasteiger partial charge is 0.118 e. The Labute approximate surface area is 96.1 Å². The molecular weight excluding hydrogens is 208 g/mol. The van der Waals surface area contributed by atoms with Crippen LogP contribution in [0.1, 0.15) is 37.7 Å². The maximum absolute atomic E-state index is 9.71. The first-order valence-electron chi connectivity index (χ1n) is 5.73. The first-order chi connectivity index (χ1) is 7.25. The highest BCUT2D eigenvalue weighted by Crippen LogP contribution is 2.30. The van der Waals surface area contributed by atoms with Gasteiger partial charge in [0.05, 0.1) is 0 Å². The molecule has 1 aliphatic rings. The molecule has 0 bridgehead atoms. The molecule has 0 saturated heterocycles. The zero-order valence-corrected chi connectivity index (χ0v) is 9.63. The van der Waals surface area contributed by atoms with Crippen LogP contribution in [0.15, 0.2) is 18.2 Å². The normalized spacial score (nSPS) is 17.9. The molecule has 0 aromatic heterocycles. The van der Waals surface area contributed by atoms with Crippen LogP contribution in [0.5, 0.6) is 5.75 Å². The summed E-state index contributed by atoms with van der Waals surface area (Å²) < 4.78 is 0. The predicted molar refractivity (Wildman–Crippen MR) is 63.4 cm³/mol. The van der Waals surface area contributed by atoms with E-state index in [0.717, 1.165) is 22.9 Å². The molecular formula is C13H17ClO. The van der Waals surface area contributed by atoms with Gasteiger partial charge in [0.25, 0.3) is 0 Å². The van der Waals surface area contributed by atoms with Crippen LogP contribution in [0, 0.1) is 5.92 Å². The molecule has 1 aliphatic carbocycles. The van der Waals surface area contributed by atoms with Crippen molar-refractivity contribution in [3.63, 3.8) is 0 Å². The number of hydrogen-bond donors (Lipinski definition) is 1. The summed E-state index contributed by atoms with van der Waals surface area (Å²) >= 11 is 5.92. The Balaban J connectivity index is 2.05. The van der Waals surface area contributed by atoms with Gasteiger partial charge < -0.3 is 5.11 Å². The second-order valence-electron chi connectivity index (χ2n) is 4.48. The molecule has 2 heteroatoms. The van der Waals surface area contributed by atoms with Gasteiger partial charge in [-0.05, 0) is 36.1 Å². The number of aromatic hydroxyl groups is 1. The second-order valence-corrected chi connectivity index (χ2v) is 4.92. The zero-order chi connectivity index (χ0) is 10.7. The lowest BCUT2D eigenvalue weighted by atomic mass is 9.85. The summed E-state index contributed by atoms with van der Waals surface area (Å²) in [4.78, 5) is 0. The van der Waals surface area contributed by atoms with E-state index in [4.69, 9.17) is 11.6 Å². The van der Waals surface area contributed by atoms with Crippen molar-refractivity contribution in [2.24, 2.45) is 5.92 Å². The van der Waals surface area contributed by atoms with Crippen molar-refractivity contribution >= 4 is 11.6 Å². The van der Waals surface area contributed by atoms with Crippen molar-refractivity contribution in [1.82, 2.24) is 0 Å². The van der Waals surface area contributed by atoms with Gasteiger partial charge in [-0.25, -0.2) is 0 Å². The molecule has 0 spiro atoms. The van der Waals surface area contributed by atoms with E-state index in [-0.39, 0.29) is 0 Å². The van der Waals surface area contributed by atoms with Gasteiger partial charge >= 0.3 is 0 Å². The van der Waals surface area contributed by atoms with Gasteiger partial charge in [0.2, 0.25) is 0 Å². The predicted octanol–water partition coefficient (Wildman–Crippen LogP) is 4.17. The molecule has 0 atom stereocenters. The molecule has 82 valence electrons. The lowest BCUT2D eigenvalue weighted by molar-refractivity contribution is 0.351. The Morgan fingerprint density at radius 2 is 1.93 bits per heavy atom. The van der Waals surface area contributed by atoms with Gasteiger partial charge in [0, 0.05) is 5.02 Å². The fourth-order valence-electron chi connectivity index (χ4n) is 2.42. The topological polar surface area (TPSA) is 20.2 Å². The number of halogens is 1. The van der Waals surface area contributed by atoms with E-state index >= 15 is 0 Å². The largest absolute Gasteiger partial charge is 0.508 e. The average molecular weight is 225 g/mol. The third-order valence-corrected chi connectivity index (χ3v) is 3.51. The van der Waals surface area contributed by atoms with Crippen molar-refractivity contribution in [2.45, 2.75) is 38.5 Å². The molecule has 0 radical (unpaired) electrons. The van der Waals surface area contributed by atoms with Crippen molar-refractivity contribution in [3.05, 3.63) is 28.8 Å². The number of hydrogen-bond acceptors (Lipinski definition) is 1. The summed E-state index contributed by atoms with van der Waals surface area (Å²) in [6.07, 6.45) is 7.63. The number of phenols is 1. The fourth-order valence-corrected chi connectivity index (χ4v) is 2.61. The summed E-state index contributed by atoms with van der Waals surface area (Å²) in [6.45, 7) is 0. The van der Waals surface area contributed by atoms with E-state index in [1.807, 2.05) is 6.07 Å². The monoisotopic (exact) mass is 224 g/mol. The van der Waals surface area contributed by atoms with Gasteiger partial charge in [0.1, 0.15) is 5.75 Å². The van der Waals surface area contributed by atoms with Crippen molar-refractivity contribution in [1.29, 1.82) is 0 Å². The highest BCUT2D eigenvalue weighted by molar-refractivity contribution is 6.30. The van der Waals surface area contributed by atoms with Gasteiger partial charge in [0.15, 0.2) is 0 Å². The van der Waals surface area contributed by atoms with E-state index in [1.165, 1.54) is 32.1 Å². The fraction of sp³-hybridized carbons (Fsp3) is 0.538. The van der Waals surface area contributed by atoms with Crippen LogP contribution in [0.25, 0.3) is 0 Å². The van der Waals surface area contributed by atoms with E-state index in [2.05, 4.69) is 0 Å². The van der Waals surface area contributed by atoms with Crippen LogP contribution >= 0.6 is 11.6 Å². The SMILES string of the molecule is Oc1ccc(Cl)cc1CC1CCCCC1. The van der Waals surface area contributed by atoms with Gasteiger partial charge in [-0.2, -0.15) is 0 Å². The number of benzene rings is 1. The number of phenolic OH excluding ortho intramolecular Hbond substituents is 1. The Hall–Kier alpha value is -0.690. The standard InChI is InChI=1S/C13H17ClO/c14-12-6-7-13(15)11(9-12)8-10-4-2-1-3-5-10/h6-7,9-10,15H,1-5,8H2. The zero-order valence-electron chi connectivity index (χ0n) is 8.88. The molecule has 2 rings (SSSR count). The maximum atomic E-state index is 9.71. The lowest BCUT2D eigenvalue weighted by Crippen LogP contribution is -2.09. The van der Waals surface area contributed by atoms with Crippen molar-refractivity contribution in [2.75, 3.05) is 0 Å². The Morgan fingerprint density at radius 1 is 1.20 bits per heavy atom. The molecule has 1 aromatic carbocycles. The molecule has 0 aliphatic heterocycles. The maximum Gasteiger partial charge on any atom is 0.118 e. The van der Waals surface area contributed by atoms with Gasteiger partial charge in [-0.1, -0.05) is 43.7 Å². The highest BCUT2D eigenvalue weighted by Gasteiger charge is 2.15. The molecule has 0 unspecified atom stereocenters. The Morgan fingerprint density at radius 3 is 2.67 bits per heavy atom. The molecule has 1 aromatic rings. The lowest BCUT2D eigenvalue weighted by Gasteiger charge is -2.21. The van der Waals surface area contributed by atoms with E-state index in [9.17, 15) is 5.11 Å². The van der Waals surface area contributed by atoms with Crippen molar-refractivity contribution < 1.29 is 5.11 Å². The van der Waals surface area contributed by atoms with Gasteiger partial charge in [-0.3, -0.25) is 0 Å². The Bertz CT molecular complexity index is 329. The molecule has 15 heavy (non-hydrogen) atoms. The minimum absolute atomic E-state index is 0.393. The molecule has 1 fully saturated rings. The summed E-state index contributed by atoms with van der Waals surface area (Å²) in [5.41, 5.74) is 1.01. The Kier molecular flexibility index (Phi) is 3.53. The molecule has 0 amide bonds. The number of rotatable bonds is 2. The minimum Gasteiger partial charge on any atom is -0.508 e. The van der Waals surface area contributed by atoms with Crippen molar-refractivity contribution in [3.8, 4) is 5.75 Å². The van der Waals surface area contributed by atoms with Crippen LogP contribution in [-0.2, 0) is 6.42 Å². The minimum atomic E-state index is 0.393. The molecule has 1 N–H and O–H groups in total. The summed E-state index contributed by atoms with van der Waals surface area (Å²) in [6, 6.07) is 5.33. The van der Waals surface area contributed by atoms with E-state index in [1.54, 1.807) is 12.1 Å². The van der Waals surface area contributed by atoms with Crippen LogP contribution in [-0.4, -0.2) is 5.11 Å².